The first-order chi connectivity index (χ1) is 15.1. The van der Waals surface area contributed by atoms with Gasteiger partial charge in [-0.3, -0.25) is 14.7 Å². The fourth-order valence-corrected chi connectivity index (χ4v) is 4.31. The maximum Gasteiger partial charge on any atom is 0.573 e. The molecule has 11 heteroatoms. The number of aliphatic imine (C=N–C) groups is 1. The van der Waals surface area contributed by atoms with Crippen molar-refractivity contribution in [1.29, 1.82) is 0 Å². The molecule has 0 radical (unpaired) electrons. The molecular formula is C21H23F3N4O4. The van der Waals surface area contributed by atoms with E-state index in [0.717, 1.165) is 12.1 Å². The maximum atomic E-state index is 12.7. The number of nitrogens with two attached hydrogens (primary N) is 1. The average molecular weight is 452 g/mol. The molecule has 2 fully saturated rings. The summed E-state index contributed by atoms with van der Waals surface area (Å²) in [5.74, 6) is -1.06. The number of hydrogen-bond donors (Lipinski definition) is 2. The minimum atomic E-state index is -4.82. The molecule has 2 amide bonds. The minimum Gasteiger partial charge on any atom is -0.441 e. The molecule has 1 saturated carbocycles. The third kappa shape index (κ3) is 4.81. The predicted molar refractivity (Wildman–Crippen MR) is 110 cm³/mol. The van der Waals surface area contributed by atoms with Gasteiger partial charge in [0.15, 0.2) is 0 Å². The molecule has 1 atom stereocenters. The number of amides is 2. The molecule has 3 N–H and O–H groups in total. The van der Waals surface area contributed by atoms with E-state index >= 15 is 0 Å². The number of halogens is 3. The second-order valence-electron chi connectivity index (χ2n) is 8.18. The summed E-state index contributed by atoms with van der Waals surface area (Å²) in [6.07, 6.45) is 2.70. The van der Waals surface area contributed by atoms with Crippen LogP contribution >= 0.6 is 0 Å². The van der Waals surface area contributed by atoms with Gasteiger partial charge in [0, 0.05) is 24.6 Å². The quantitative estimate of drug-likeness (QED) is 0.675. The first-order valence-electron chi connectivity index (χ1n) is 10.3. The Morgan fingerprint density at radius 2 is 2.06 bits per heavy atom. The lowest BCUT2D eigenvalue weighted by Gasteiger charge is -2.35. The number of ether oxygens (including phenoxy) is 2. The van der Waals surface area contributed by atoms with Crippen molar-refractivity contribution in [2.45, 2.75) is 50.2 Å². The summed E-state index contributed by atoms with van der Waals surface area (Å²) in [7, 11) is 0. The number of nitrogen functional groups attached to an aromatic ring is 1. The van der Waals surface area contributed by atoms with E-state index in [1.165, 1.54) is 6.07 Å². The molecule has 0 aromatic heterocycles. The molecule has 172 valence electrons. The van der Waals surface area contributed by atoms with Gasteiger partial charge in [-0.05, 0) is 43.9 Å². The van der Waals surface area contributed by atoms with E-state index in [1.54, 1.807) is 11.1 Å². The third-order valence-electron chi connectivity index (χ3n) is 5.97. The molecule has 1 saturated heterocycles. The highest BCUT2D eigenvalue weighted by Gasteiger charge is 2.49. The van der Waals surface area contributed by atoms with E-state index in [0.29, 0.717) is 38.6 Å². The fourth-order valence-electron chi connectivity index (χ4n) is 4.31. The van der Waals surface area contributed by atoms with Crippen LogP contribution in [0.15, 0.2) is 35.3 Å². The summed E-state index contributed by atoms with van der Waals surface area (Å²) in [6, 6.07) is 3.37. The van der Waals surface area contributed by atoms with Crippen LogP contribution in [-0.4, -0.2) is 47.8 Å². The van der Waals surface area contributed by atoms with Crippen molar-refractivity contribution < 1.29 is 32.2 Å². The lowest BCUT2D eigenvalue weighted by atomic mass is 9.78. The van der Waals surface area contributed by atoms with Gasteiger partial charge in [-0.1, -0.05) is 6.08 Å². The van der Waals surface area contributed by atoms with E-state index in [2.05, 4.69) is 15.0 Å². The Balaban J connectivity index is 1.33. The zero-order valence-corrected chi connectivity index (χ0v) is 17.1. The molecule has 1 unspecified atom stereocenters. The van der Waals surface area contributed by atoms with Crippen LogP contribution in [0.5, 0.6) is 5.75 Å². The number of allylic oxidation sites excluding steroid dienone is 1. The van der Waals surface area contributed by atoms with E-state index in [9.17, 15) is 22.8 Å². The number of rotatable bonds is 4. The van der Waals surface area contributed by atoms with Gasteiger partial charge in [-0.25, -0.2) is 4.79 Å². The van der Waals surface area contributed by atoms with Gasteiger partial charge in [0.25, 0.3) is 0 Å². The number of benzene rings is 1. The summed E-state index contributed by atoms with van der Waals surface area (Å²) in [5.41, 5.74) is 5.33. The van der Waals surface area contributed by atoms with Crippen molar-refractivity contribution in [3.63, 3.8) is 0 Å². The van der Waals surface area contributed by atoms with Crippen LogP contribution in [0, 0.1) is 5.92 Å². The summed E-state index contributed by atoms with van der Waals surface area (Å²) in [4.78, 5) is 31.0. The lowest BCUT2D eigenvalue weighted by molar-refractivity contribution is -0.274. The van der Waals surface area contributed by atoms with Gasteiger partial charge in [0.1, 0.15) is 17.5 Å². The lowest BCUT2D eigenvalue weighted by Crippen LogP contribution is -2.42. The summed E-state index contributed by atoms with van der Waals surface area (Å²) in [5, 5.41) is 2.67. The zero-order chi connectivity index (χ0) is 22.9. The van der Waals surface area contributed by atoms with Crippen LogP contribution in [0.25, 0.3) is 0 Å². The van der Waals surface area contributed by atoms with Crippen molar-refractivity contribution in [2.24, 2.45) is 10.9 Å². The van der Waals surface area contributed by atoms with Gasteiger partial charge >= 0.3 is 12.5 Å². The molecule has 1 aliphatic carbocycles. The Kier molecular flexibility index (Phi) is 5.74. The molecular weight excluding hydrogens is 429 g/mol. The first-order valence-corrected chi connectivity index (χ1v) is 10.3. The molecule has 2 heterocycles. The SMILES string of the molecule is Nc1cc(OC(F)(F)F)ccc1NC(=O)C1CCC2(CC1)CN(C1CC=CC=N1)C(=O)O2. The molecule has 2 aliphatic heterocycles. The van der Waals surface area contributed by atoms with Crippen LogP contribution in [0.4, 0.5) is 29.3 Å². The topological polar surface area (TPSA) is 106 Å². The maximum absolute atomic E-state index is 12.7. The number of nitrogens with zero attached hydrogens (tertiary/aromatic N) is 2. The fraction of sp³-hybridized carbons (Fsp3) is 0.476. The van der Waals surface area contributed by atoms with Gasteiger partial charge < -0.3 is 20.5 Å². The van der Waals surface area contributed by atoms with Crippen molar-refractivity contribution in [1.82, 2.24) is 4.90 Å². The van der Waals surface area contributed by atoms with E-state index in [1.807, 2.05) is 12.2 Å². The van der Waals surface area contributed by atoms with Crippen LogP contribution in [0.3, 0.4) is 0 Å². The van der Waals surface area contributed by atoms with Gasteiger partial charge in [-0.2, -0.15) is 0 Å². The minimum absolute atomic E-state index is 0.0326. The Hall–Kier alpha value is -3.24. The van der Waals surface area contributed by atoms with Crippen molar-refractivity contribution in [3.05, 3.63) is 30.4 Å². The molecule has 1 aromatic carbocycles. The predicted octanol–water partition coefficient (Wildman–Crippen LogP) is 3.84. The second kappa shape index (κ2) is 8.36. The van der Waals surface area contributed by atoms with Crippen molar-refractivity contribution >= 4 is 29.6 Å². The highest BCUT2D eigenvalue weighted by molar-refractivity contribution is 5.95. The summed E-state index contributed by atoms with van der Waals surface area (Å²) < 4.78 is 46.5. The summed E-state index contributed by atoms with van der Waals surface area (Å²) >= 11 is 0. The zero-order valence-electron chi connectivity index (χ0n) is 17.1. The number of alkyl halides is 3. The Labute approximate surface area is 182 Å². The average Bonchev–Trinajstić information content (AvgIpc) is 3.05. The number of carbonyl (C=O) groups excluding carboxylic acids is 2. The van der Waals surface area contributed by atoms with Crippen LogP contribution < -0.4 is 15.8 Å². The highest BCUT2D eigenvalue weighted by Crippen LogP contribution is 2.41. The van der Waals surface area contributed by atoms with Crippen molar-refractivity contribution in [2.75, 3.05) is 17.6 Å². The Morgan fingerprint density at radius 3 is 2.69 bits per heavy atom. The Morgan fingerprint density at radius 1 is 1.31 bits per heavy atom. The van der Waals surface area contributed by atoms with E-state index < -0.39 is 17.7 Å². The van der Waals surface area contributed by atoms with Gasteiger partial charge in [0.05, 0.1) is 17.9 Å². The largest absolute Gasteiger partial charge is 0.573 e. The number of nitrogens with one attached hydrogen (secondary N) is 1. The van der Waals surface area contributed by atoms with Crippen molar-refractivity contribution in [3.8, 4) is 5.75 Å². The highest BCUT2D eigenvalue weighted by atomic mass is 19.4. The third-order valence-corrected chi connectivity index (χ3v) is 5.97. The molecule has 8 nitrogen and oxygen atoms in total. The number of anilines is 2. The standard InChI is InChI=1S/C21H23F3N4O4/c22-21(23,24)31-14-4-5-16(15(25)11-14)27-18(29)13-6-8-20(9-7-13)12-28(19(30)32-20)17-3-1-2-10-26-17/h1-2,4-5,10-11,13,17H,3,6-9,12,25H2,(H,27,29). The van der Waals surface area contributed by atoms with Crippen LogP contribution in [-0.2, 0) is 9.53 Å². The second-order valence-corrected chi connectivity index (χ2v) is 8.18. The molecule has 1 aromatic rings. The van der Waals surface area contributed by atoms with E-state index in [-0.39, 0.29) is 35.5 Å². The molecule has 0 bridgehead atoms. The molecule has 1 spiro atoms. The van der Waals surface area contributed by atoms with Gasteiger partial charge in [0.2, 0.25) is 5.91 Å². The summed E-state index contributed by atoms with van der Waals surface area (Å²) in [6.45, 7) is 0.434. The number of carbonyl (C=O) groups is 2. The smallest absolute Gasteiger partial charge is 0.441 e. The van der Waals surface area contributed by atoms with E-state index in [4.69, 9.17) is 10.5 Å². The normalized spacial score (nSPS) is 27.5. The number of dihydropyridines is 1. The first kappa shape index (κ1) is 22.0. The monoisotopic (exact) mass is 452 g/mol. The molecule has 4 rings (SSSR count). The number of hydrogen-bond acceptors (Lipinski definition) is 6. The molecule has 3 aliphatic rings. The Bertz CT molecular complexity index is 955. The van der Waals surface area contributed by atoms with Gasteiger partial charge in [-0.15, -0.1) is 13.2 Å². The van der Waals surface area contributed by atoms with Crippen LogP contribution in [0.1, 0.15) is 32.1 Å². The molecule has 32 heavy (non-hydrogen) atoms. The van der Waals surface area contributed by atoms with Crippen LogP contribution in [0.2, 0.25) is 0 Å².